The number of benzene rings is 6. The number of fused-ring (bicyclic) bond motifs is 9. The molecule has 1 fully saturated rings. The third-order valence-corrected chi connectivity index (χ3v) is 19.8. The van der Waals surface area contributed by atoms with Gasteiger partial charge in [0.05, 0.1) is 85.6 Å². The van der Waals surface area contributed by atoms with E-state index in [0.29, 0.717) is 131 Å². The van der Waals surface area contributed by atoms with Crippen molar-refractivity contribution in [2.45, 2.75) is 82.7 Å². The molecule has 3 aliphatic carbocycles. The number of ether oxygens (including phenoxy) is 10. The van der Waals surface area contributed by atoms with E-state index in [9.17, 15) is 33.6 Å². The smallest absolute Gasteiger partial charge is 0.407 e. The van der Waals surface area contributed by atoms with Gasteiger partial charge in [0.25, 0.3) is 0 Å². The number of amides is 3. The van der Waals surface area contributed by atoms with E-state index in [2.05, 4.69) is 93.6 Å². The summed E-state index contributed by atoms with van der Waals surface area (Å²) < 4.78 is 57.5. The summed E-state index contributed by atoms with van der Waals surface area (Å²) in [6.07, 6.45) is 1.75. The zero-order valence-electron chi connectivity index (χ0n) is 64.3. The van der Waals surface area contributed by atoms with Gasteiger partial charge in [-0.05, 0) is 107 Å². The highest BCUT2D eigenvalue weighted by Crippen LogP contribution is 2.47. The summed E-state index contributed by atoms with van der Waals surface area (Å²) in [6, 6.07) is 49.4. The molecule has 24 nitrogen and oxygen atoms in total. The molecule has 6 aromatic rings. The van der Waals surface area contributed by atoms with Crippen molar-refractivity contribution in [3.63, 3.8) is 0 Å². The summed E-state index contributed by atoms with van der Waals surface area (Å²) >= 11 is 0. The molecule has 0 saturated carbocycles. The third kappa shape index (κ3) is 27.0. The average molecular weight is 1510 g/mol. The highest BCUT2D eigenvalue weighted by molar-refractivity contribution is 5.83. The summed E-state index contributed by atoms with van der Waals surface area (Å²) in [5, 5.41) is 8.72. The Morgan fingerprint density at radius 2 is 0.609 bits per heavy atom. The molecule has 0 atom stereocenters. The van der Waals surface area contributed by atoms with E-state index in [1.165, 1.54) is 44.5 Å². The lowest BCUT2D eigenvalue weighted by atomic mass is 9.98. The van der Waals surface area contributed by atoms with E-state index >= 15 is 0 Å². The van der Waals surface area contributed by atoms with E-state index in [1.54, 1.807) is 0 Å². The van der Waals surface area contributed by atoms with Crippen LogP contribution >= 0.6 is 0 Å². The number of carbonyl (C=O) groups is 7. The van der Waals surface area contributed by atoms with Crippen molar-refractivity contribution in [2.24, 2.45) is 0 Å². The van der Waals surface area contributed by atoms with Crippen LogP contribution in [0.2, 0.25) is 0 Å². The predicted molar refractivity (Wildman–Crippen MR) is 418 cm³/mol. The molecule has 6 aromatic carbocycles. The zero-order chi connectivity index (χ0) is 77.1. The second-order valence-electron chi connectivity index (χ2n) is 29.0. The Balaban J connectivity index is 0.629. The molecule has 0 aromatic heterocycles. The zero-order valence-corrected chi connectivity index (χ0v) is 64.3. The van der Waals surface area contributed by atoms with Crippen LogP contribution in [0, 0.1) is 0 Å². The number of rotatable bonds is 44. The highest BCUT2D eigenvalue weighted by atomic mass is 16.6. The lowest BCUT2D eigenvalue weighted by molar-refractivity contribution is -0.156. The molecule has 1 heterocycles. The molecule has 3 amide bonds. The number of ketones is 1. The first-order chi connectivity index (χ1) is 53.6. The van der Waals surface area contributed by atoms with Crippen molar-refractivity contribution in [3.05, 3.63) is 179 Å². The Bertz CT molecular complexity index is 3630. The maximum absolute atomic E-state index is 13.7. The summed E-state index contributed by atoms with van der Waals surface area (Å²) in [4.78, 5) is 101. The molecular formula is C86H111N7O17. The van der Waals surface area contributed by atoms with Gasteiger partial charge in [-0.25, -0.2) is 4.79 Å². The van der Waals surface area contributed by atoms with E-state index < -0.39 is 11.7 Å². The normalized spacial score (nSPS) is 14.9. The largest absolute Gasteiger partial charge is 0.465 e. The molecule has 4 aliphatic rings. The van der Waals surface area contributed by atoms with Crippen molar-refractivity contribution in [1.82, 2.24) is 35.6 Å². The molecule has 3 N–H and O–H groups in total. The molecule has 110 heavy (non-hydrogen) atoms. The molecule has 592 valence electrons. The first kappa shape index (κ1) is 83.7. The van der Waals surface area contributed by atoms with Gasteiger partial charge in [0, 0.05) is 129 Å². The fourth-order valence-electron chi connectivity index (χ4n) is 14.4. The maximum Gasteiger partial charge on any atom is 0.407 e. The van der Waals surface area contributed by atoms with E-state index in [0.717, 1.165) is 22.3 Å². The molecule has 0 unspecified atom stereocenters. The first-order valence-electron chi connectivity index (χ1n) is 39.0. The van der Waals surface area contributed by atoms with Crippen LogP contribution < -0.4 is 16.0 Å². The first-order valence-corrected chi connectivity index (χ1v) is 39.0. The van der Waals surface area contributed by atoms with E-state index in [1.807, 2.05) is 108 Å². The Morgan fingerprint density at radius 3 is 0.945 bits per heavy atom. The average Bonchev–Trinajstić information content (AvgIpc) is 1.63. The van der Waals surface area contributed by atoms with Gasteiger partial charge >= 0.3 is 24.0 Å². The molecule has 0 bridgehead atoms. The quantitative estimate of drug-likeness (QED) is 0.0183. The second kappa shape index (κ2) is 44.9. The summed E-state index contributed by atoms with van der Waals surface area (Å²) in [5.41, 5.74) is 13.3. The number of nitrogens with one attached hydrogen (secondary N) is 3. The summed E-state index contributed by atoms with van der Waals surface area (Å²) in [5.74, 6) is -1.35. The predicted octanol–water partition coefficient (Wildman–Crippen LogP) is 9.04. The van der Waals surface area contributed by atoms with Crippen molar-refractivity contribution in [2.75, 3.05) is 197 Å². The SMILES string of the molecule is CC(C)(C)OC(=O)CN1CCN(CC(=O)CCCOCCOCCNC(=O)OCC2c3ccccc3-c3ccccc32)CCN(CC(=O)NCCOCCOCCCC(=O)OCC2c3ccccc3-c3ccccc32)CCN(CC(=O)NCCOCCOCCCC(=O)OCC2c3ccccc3-c3ccccc32)CC1. The van der Waals surface area contributed by atoms with Crippen LogP contribution in [0.1, 0.15) is 110 Å². The number of nitrogens with zero attached hydrogens (tertiary/aromatic N) is 4. The highest BCUT2D eigenvalue weighted by Gasteiger charge is 2.33. The lowest BCUT2D eigenvalue weighted by Crippen LogP contribution is -2.50. The molecule has 0 spiro atoms. The summed E-state index contributed by atoms with van der Waals surface area (Å²) in [7, 11) is 0. The number of carbonyl (C=O) groups excluding carboxylic acids is 7. The molecule has 0 radical (unpaired) electrons. The van der Waals surface area contributed by atoms with Crippen molar-refractivity contribution in [1.29, 1.82) is 0 Å². The molecule has 10 rings (SSSR count). The van der Waals surface area contributed by atoms with Gasteiger partial charge in [0.15, 0.2) is 0 Å². The monoisotopic (exact) mass is 1510 g/mol. The Kier molecular flexibility index (Phi) is 34.2. The minimum atomic E-state index is -0.708. The lowest BCUT2D eigenvalue weighted by Gasteiger charge is -2.34. The fraction of sp³-hybridized carbons (Fsp3) is 0.500. The van der Waals surface area contributed by atoms with Gasteiger partial charge in [0.1, 0.15) is 31.2 Å². The number of alkyl carbamates (subject to hydrolysis) is 1. The van der Waals surface area contributed by atoms with E-state index in [-0.39, 0.29) is 158 Å². The van der Waals surface area contributed by atoms with Crippen LogP contribution in [-0.4, -0.2) is 264 Å². The number of Topliss-reactive ketones (excluding diaryl/α,β-unsaturated/α-hetero) is 1. The van der Waals surface area contributed by atoms with Crippen molar-refractivity contribution >= 4 is 41.6 Å². The second-order valence-corrected chi connectivity index (χ2v) is 29.0. The van der Waals surface area contributed by atoms with Crippen molar-refractivity contribution < 1.29 is 80.9 Å². The van der Waals surface area contributed by atoms with Crippen LogP contribution in [0.5, 0.6) is 0 Å². The number of hydrogen-bond acceptors (Lipinski definition) is 21. The van der Waals surface area contributed by atoms with Crippen molar-refractivity contribution in [3.8, 4) is 33.4 Å². The van der Waals surface area contributed by atoms with E-state index in [4.69, 9.17) is 47.4 Å². The van der Waals surface area contributed by atoms with Gasteiger partial charge in [-0.1, -0.05) is 146 Å². The van der Waals surface area contributed by atoms with Crippen LogP contribution in [0.3, 0.4) is 0 Å². The Morgan fingerprint density at radius 1 is 0.327 bits per heavy atom. The third-order valence-electron chi connectivity index (χ3n) is 19.8. The van der Waals surface area contributed by atoms with Crippen LogP contribution in [0.25, 0.3) is 33.4 Å². The minimum absolute atomic E-state index is 0.00184. The van der Waals surface area contributed by atoms with Gasteiger partial charge in [-0.3, -0.25) is 48.4 Å². The Hall–Kier alpha value is -8.79. The molecule has 1 saturated heterocycles. The van der Waals surface area contributed by atoms with Gasteiger partial charge in [-0.2, -0.15) is 0 Å². The fourth-order valence-corrected chi connectivity index (χ4v) is 14.4. The number of esters is 3. The maximum atomic E-state index is 13.7. The molecular weight excluding hydrogens is 1400 g/mol. The molecule has 1 aliphatic heterocycles. The van der Waals surface area contributed by atoms with Gasteiger partial charge < -0.3 is 63.3 Å². The van der Waals surface area contributed by atoms with Crippen LogP contribution in [0.15, 0.2) is 146 Å². The van der Waals surface area contributed by atoms with Crippen LogP contribution in [0.4, 0.5) is 4.79 Å². The Labute approximate surface area is 647 Å². The minimum Gasteiger partial charge on any atom is -0.465 e. The van der Waals surface area contributed by atoms with Gasteiger partial charge in [0.2, 0.25) is 11.8 Å². The summed E-state index contributed by atoms with van der Waals surface area (Å²) in [6.45, 7) is 14.4. The molecule has 24 heteroatoms. The standard InChI is InChI=1S/C86H111N7O17/c1-86(2,3)110-84(99)60-93-43-38-90(57-64(94)19-16-45-101-51-56-106-50-36-89-85(100)109-63-79-75-30-14-8-24-69(75)70-25-9-15-31-76(70)79)37-39-91(58-80(95)87-34-48-104-54-52-102-46-17-32-82(97)107-61-77-71-26-10-4-20-65(71)66-21-5-11-27-72(66)77)40-41-92(42-44-93)59-81(96)88-35-49-105-55-53-103-47-18-33-83(98)108-62-78-73-28-12-6-22-67(73)68-23-7-13-29-74(68)78/h4-15,20-31,77-79H,16-19,32-63H2,1-3H3,(H,87,95)(H,88,96)(H,89,100). The number of hydrogen-bond donors (Lipinski definition) is 3. The topological polar surface area (TPSA) is 261 Å². The van der Waals surface area contributed by atoms with Gasteiger partial charge in [-0.15, -0.1) is 0 Å². The van der Waals surface area contributed by atoms with Crippen LogP contribution in [-0.2, 0) is 76.1 Å².